The molecule has 2 rings (SSSR count). The molecule has 0 spiro atoms. The van der Waals surface area contributed by atoms with E-state index in [0.29, 0.717) is 22.5 Å². The van der Waals surface area contributed by atoms with Crippen molar-refractivity contribution in [3.63, 3.8) is 0 Å². The number of hydrogen-bond donors (Lipinski definition) is 2. The monoisotopic (exact) mass is 352 g/mol. The zero-order valence-corrected chi connectivity index (χ0v) is 14.5. The number of halogens is 2. The van der Waals surface area contributed by atoms with Gasteiger partial charge in [0, 0.05) is 11.4 Å². The molecule has 2 N–H and O–H groups in total. The Morgan fingerprint density at radius 1 is 1.29 bits per heavy atom. The normalized spacial score (nSPS) is 10.8. The van der Waals surface area contributed by atoms with E-state index >= 15 is 0 Å². The third kappa shape index (κ3) is 3.76. The highest BCUT2D eigenvalue weighted by Crippen LogP contribution is 2.23. The van der Waals surface area contributed by atoms with Gasteiger partial charge in [0.25, 0.3) is 5.91 Å². The fraction of sp³-hybridized carbons (Fsp3) is 0.294. The molecule has 0 radical (unpaired) electrons. The predicted molar refractivity (Wildman–Crippen MR) is 90.2 cm³/mol. The van der Waals surface area contributed by atoms with Crippen molar-refractivity contribution in [3.8, 4) is 0 Å². The van der Waals surface area contributed by atoms with E-state index in [1.807, 2.05) is 0 Å². The Morgan fingerprint density at radius 3 is 2.54 bits per heavy atom. The number of esters is 1. The summed E-state index contributed by atoms with van der Waals surface area (Å²) in [5, 5.41) is 2.52. The summed E-state index contributed by atoms with van der Waals surface area (Å²) < 4.78 is 18.4. The van der Waals surface area contributed by atoms with Crippen LogP contribution in [0.5, 0.6) is 0 Å². The summed E-state index contributed by atoms with van der Waals surface area (Å²) in [6.45, 7) is 6.85. The lowest BCUT2D eigenvalue weighted by molar-refractivity contribution is 0.0376. The molecule has 0 bridgehead atoms. The zero-order chi connectivity index (χ0) is 18.0. The van der Waals surface area contributed by atoms with E-state index in [1.165, 1.54) is 12.1 Å². The third-order valence-electron chi connectivity index (χ3n) is 3.39. The highest BCUT2D eigenvalue weighted by molar-refractivity contribution is 6.31. The Kier molecular flexibility index (Phi) is 5.29. The lowest BCUT2D eigenvalue weighted by atomic mass is 10.1. The molecule has 0 fully saturated rings. The Morgan fingerprint density at radius 2 is 1.96 bits per heavy atom. The largest absolute Gasteiger partial charge is 0.459 e. The molecule has 0 unspecified atom stereocenters. The second kappa shape index (κ2) is 7.05. The van der Waals surface area contributed by atoms with Crippen molar-refractivity contribution in [2.24, 2.45) is 0 Å². The van der Waals surface area contributed by atoms with Crippen LogP contribution in [0.15, 0.2) is 18.2 Å². The van der Waals surface area contributed by atoms with E-state index in [4.69, 9.17) is 16.3 Å². The topological polar surface area (TPSA) is 71.2 Å². The van der Waals surface area contributed by atoms with Crippen LogP contribution < -0.4 is 5.32 Å². The van der Waals surface area contributed by atoms with Crippen molar-refractivity contribution < 1.29 is 18.7 Å². The molecule has 2 aromatic rings. The van der Waals surface area contributed by atoms with Gasteiger partial charge in [-0.15, -0.1) is 0 Å². The lowest BCUT2D eigenvalue weighted by Gasteiger charge is -2.08. The second-order valence-electron chi connectivity index (χ2n) is 5.66. The first kappa shape index (κ1) is 18.0. The summed E-state index contributed by atoms with van der Waals surface area (Å²) in [4.78, 5) is 27.4. The van der Waals surface area contributed by atoms with Crippen LogP contribution in [0.2, 0.25) is 5.02 Å². The maximum absolute atomic E-state index is 13.2. The van der Waals surface area contributed by atoms with Gasteiger partial charge < -0.3 is 15.0 Å². The first-order valence-electron chi connectivity index (χ1n) is 7.37. The maximum atomic E-state index is 13.2. The minimum Gasteiger partial charge on any atom is -0.459 e. The summed E-state index contributed by atoms with van der Waals surface area (Å²) >= 11 is 5.70. The molecule has 24 heavy (non-hydrogen) atoms. The van der Waals surface area contributed by atoms with Crippen LogP contribution >= 0.6 is 11.6 Å². The van der Waals surface area contributed by atoms with Crippen molar-refractivity contribution >= 4 is 29.2 Å². The fourth-order valence-corrected chi connectivity index (χ4v) is 2.50. The molecule has 0 saturated carbocycles. The van der Waals surface area contributed by atoms with Gasteiger partial charge in [0.05, 0.1) is 16.7 Å². The number of aromatic amines is 1. The van der Waals surface area contributed by atoms with E-state index in [2.05, 4.69) is 10.3 Å². The molecule has 1 aromatic heterocycles. The summed E-state index contributed by atoms with van der Waals surface area (Å²) in [5.41, 5.74) is 1.96. The van der Waals surface area contributed by atoms with Crippen molar-refractivity contribution in [2.75, 3.05) is 5.32 Å². The van der Waals surface area contributed by atoms with Crippen LogP contribution in [-0.4, -0.2) is 23.0 Å². The van der Waals surface area contributed by atoms with E-state index < -0.39 is 17.7 Å². The van der Waals surface area contributed by atoms with Crippen molar-refractivity contribution in [2.45, 2.75) is 33.8 Å². The van der Waals surface area contributed by atoms with E-state index in [1.54, 1.807) is 27.7 Å². The molecule has 1 aromatic carbocycles. The highest BCUT2D eigenvalue weighted by atomic mass is 35.5. The molecule has 1 amide bonds. The summed E-state index contributed by atoms with van der Waals surface area (Å²) in [6, 6.07) is 3.88. The van der Waals surface area contributed by atoms with Crippen molar-refractivity contribution in [3.05, 3.63) is 51.6 Å². The average molecular weight is 353 g/mol. The number of aromatic nitrogens is 1. The number of amides is 1. The van der Waals surface area contributed by atoms with Crippen LogP contribution in [0.3, 0.4) is 0 Å². The van der Waals surface area contributed by atoms with Crippen molar-refractivity contribution in [1.29, 1.82) is 0 Å². The number of carbonyl (C=O) groups is 2. The summed E-state index contributed by atoms with van der Waals surface area (Å²) in [7, 11) is 0. The SMILES string of the molecule is Cc1[nH]c(C(=O)Nc2ccc(F)c(Cl)c2)c(C)c1C(=O)OC(C)C. The van der Waals surface area contributed by atoms with Crippen LogP contribution in [-0.2, 0) is 4.74 Å². The number of H-pyrrole nitrogens is 1. The van der Waals surface area contributed by atoms with Crippen molar-refractivity contribution in [1.82, 2.24) is 4.98 Å². The van der Waals surface area contributed by atoms with Gasteiger partial charge in [0.1, 0.15) is 11.5 Å². The van der Waals surface area contributed by atoms with Gasteiger partial charge in [-0.1, -0.05) is 11.6 Å². The number of nitrogens with one attached hydrogen (secondary N) is 2. The minimum atomic E-state index is -0.569. The third-order valence-corrected chi connectivity index (χ3v) is 3.68. The number of aryl methyl sites for hydroxylation is 1. The van der Waals surface area contributed by atoms with E-state index in [0.717, 1.165) is 6.07 Å². The lowest BCUT2D eigenvalue weighted by Crippen LogP contribution is -2.15. The molecular weight excluding hydrogens is 335 g/mol. The van der Waals surface area contributed by atoms with Gasteiger partial charge in [0.2, 0.25) is 0 Å². The zero-order valence-electron chi connectivity index (χ0n) is 13.8. The molecule has 0 saturated heterocycles. The van der Waals surface area contributed by atoms with E-state index in [9.17, 15) is 14.0 Å². The number of hydrogen-bond acceptors (Lipinski definition) is 3. The van der Waals surface area contributed by atoms with Gasteiger partial charge in [-0.2, -0.15) is 0 Å². The first-order chi connectivity index (χ1) is 11.2. The number of carbonyl (C=O) groups excluding carboxylic acids is 2. The molecule has 0 aliphatic rings. The number of ether oxygens (including phenoxy) is 1. The molecule has 0 atom stereocenters. The van der Waals surface area contributed by atoms with Gasteiger partial charge in [-0.3, -0.25) is 4.79 Å². The highest BCUT2D eigenvalue weighted by Gasteiger charge is 2.23. The van der Waals surface area contributed by atoms with Crippen LogP contribution in [0.25, 0.3) is 0 Å². The molecule has 0 aliphatic heterocycles. The maximum Gasteiger partial charge on any atom is 0.340 e. The fourth-order valence-electron chi connectivity index (χ4n) is 2.32. The van der Waals surface area contributed by atoms with E-state index in [-0.39, 0.29) is 16.8 Å². The Balaban J connectivity index is 2.27. The molecule has 1 heterocycles. The van der Waals surface area contributed by atoms with Gasteiger partial charge in [0.15, 0.2) is 0 Å². The van der Waals surface area contributed by atoms with Gasteiger partial charge in [-0.25, -0.2) is 9.18 Å². The standard InChI is InChI=1S/C17H18ClFN2O3/c1-8(2)24-17(23)14-9(3)15(20-10(14)4)16(22)21-11-5-6-13(19)12(18)7-11/h5-8,20H,1-4H3,(H,21,22). The van der Waals surface area contributed by atoms with Crippen LogP contribution in [0.4, 0.5) is 10.1 Å². The Hall–Kier alpha value is -2.34. The Labute approximate surface area is 144 Å². The molecule has 0 aliphatic carbocycles. The van der Waals surface area contributed by atoms with Gasteiger partial charge >= 0.3 is 5.97 Å². The quantitative estimate of drug-likeness (QED) is 0.808. The van der Waals surface area contributed by atoms with Crippen LogP contribution in [0, 0.1) is 19.7 Å². The molecule has 7 heteroatoms. The van der Waals surface area contributed by atoms with Gasteiger partial charge in [-0.05, 0) is 51.5 Å². The minimum absolute atomic E-state index is 0.0895. The summed E-state index contributed by atoms with van der Waals surface area (Å²) in [6.07, 6.45) is -0.259. The van der Waals surface area contributed by atoms with Crippen LogP contribution in [0.1, 0.15) is 46.0 Å². The average Bonchev–Trinajstić information content (AvgIpc) is 2.77. The molecule has 5 nitrogen and oxygen atoms in total. The first-order valence-corrected chi connectivity index (χ1v) is 7.75. The Bertz CT molecular complexity index is 799. The second-order valence-corrected chi connectivity index (χ2v) is 6.07. The molecular formula is C17H18ClFN2O3. The number of rotatable bonds is 4. The molecule has 128 valence electrons. The smallest absolute Gasteiger partial charge is 0.340 e. The summed E-state index contributed by atoms with van der Waals surface area (Å²) in [5.74, 6) is -1.51. The predicted octanol–water partition coefficient (Wildman–Crippen LogP) is 4.24. The number of benzene rings is 1. The number of anilines is 1.